The van der Waals surface area contributed by atoms with Crippen LogP contribution in [-0.4, -0.2) is 38.2 Å². The van der Waals surface area contributed by atoms with E-state index in [1.165, 1.54) is 41.3 Å². The van der Waals surface area contributed by atoms with Gasteiger partial charge in [-0.3, -0.25) is 14.4 Å². The van der Waals surface area contributed by atoms with Crippen LogP contribution in [0.25, 0.3) is 0 Å². The van der Waals surface area contributed by atoms with Crippen molar-refractivity contribution in [2.24, 2.45) is 0 Å². The Bertz CT molecular complexity index is 1640. The average molecular weight is 619 g/mol. The van der Waals surface area contributed by atoms with Crippen LogP contribution in [0, 0.1) is 5.82 Å². The number of hydrogen-bond acceptors (Lipinski definition) is 7. The number of thiophene rings is 1. The third-order valence-corrected chi connectivity index (χ3v) is 9.08. The van der Waals surface area contributed by atoms with Gasteiger partial charge >= 0.3 is 0 Å². The normalized spacial score (nSPS) is 12.3. The number of nitrogens with one attached hydrogen (secondary N) is 3. The van der Waals surface area contributed by atoms with Gasteiger partial charge in [0.15, 0.2) is 11.0 Å². The smallest absolute Gasteiger partial charge is 0.254 e. The number of anilines is 1. The highest BCUT2D eigenvalue weighted by Gasteiger charge is 2.26. The number of aryl methyl sites for hydroxylation is 1. The molecule has 9 nitrogen and oxygen atoms in total. The van der Waals surface area contributed by atoms with Gasteiger partial charge in [-0.15, -0.1) is 28.1 Å². The first-order valence-electron chi connectivity index (χ1n) is 13.9. The van der Waals surface area contributed by atoms with Gasteiger partial charge in [0.2, 0.25) is 5.91 Å². The lowest BCUT2D eigenvalue weighted by Crippen LogP contribution is -2.26. The van der Waals surface area contributed by atoms with Crippen LogP contribution in [0.15, 0.2) is 72.4 Å². The summed E-state index contributed by atoms with van der Waals surface area (Å²) in [6, 6.07) is 15.4. The molecule has 0 aliphatic heterocycles. The average Bonchev–Trinajstić information content (AvgIpc) is 3.58. The SMILES string of the molecule is C=CCn1c(CNC(=O)c2ccccc2F)nnc1SCC(=O)Nc1sc2c(c1C(=O)NCc1ccccc1)CCCC2. The number of carbonyl (C=O) groups is 3. The van der Waals surface area contributed by atoms with Crippen LogP contribution in [0.1, 0.15) is 55.4 Å². The van der Waals surface area contributed by atoms with E-state index in [1.807, 2.05) is 30.3 Å². The van der Waals surface area contributed by atoms with Crippen molar-refractivity contribution in [1.82, 2.24) is 25.4 Å². The van der Waals surface area contributed by atoms with E-state index in [0.717, 1.165) is 41.7 Å². The van der Waals surface area contributed by atoms with Crippen LogP contribution in [-0.2, 0) is 37.3 Å². The molecule has 1 aliphatic carbocycles. The van der Waals surface area contributed by atoms with Crippen molar-refractivity contribution in [3.05, 3.63) is 106 Å². The third-order valence-electron chi connectivity index (χ3n) is 6.91. The molecule has 1 aliphatic rings. The van der Waals surface area contributed by atoms with Crippen LogP contribution in [0.4, 0.5) is 9.39 Å². The highest BCUT2D eigenvalue weighted by molar-refractivity contribution is 7.99. The van der Waals surface area contributed by atoms with Gasteiger partial charge in [-0.1, -0.05) is 60.3 Å². The minimum atomic E-state index is -0.613. The molecule has 5 rings (SSSR count). The summed E-state index contributed by atoms with van der Waals surface area (Å²) in [6.07, 6.45) is 5.43. The summed E-state index contributed by atoms with van der Waals surface area (Å²) in [7, 11) is 0. The number of carbonyl (C=O) groups excluding carboxylic acids is 3. The quantitative estimate of drug-likeness (QED) is 0.150. The highest BCUT2D eigenvalue weighted by Crippen LogP contribution is 2.38. The zero-order valence-corrected chi connectivity index (χ0v) is 25.0. The summed E-state index contributed by atoms with van der Waals surface area (Å²) in [5, 5.41) is 18.0. The molecule has 43 heavy (non-hydrogen) atoms. The number of allylic oxidation sites excluding steroid dienone is 1. The second-order valence-corrected chi connectivity index (χ2v) is 11.9. The van der Waals surface area contributed by atoms with Crippen molar-refractivity contribution in [3.63, 3.8) is 0 Å². The fraction of sp³-hybridized carbons (Fsp3) is 0.258. The van der Waals surface area contributed by atoms with Crippen molar-refractivity contribution in [3.8, 4) is 0 Å². The third kappa shape index (κ3) is 7.38. The van der Waals surface area contributed by atoms with Gasteiger partial charge in [-0.05, 0) is 48.9 Å². The molecular weight excluding hydrogens is 588 g/mol. The fourth-order valence-corrected chi connectivity index (χ4v) is 6.89. The first-order chi connectivity index (χ1) is 20.9. The van der Waals surface area contributed by atoms with Crippen molar-refractivity contribution in [2.45, 2.75) is 50.5 Å². The predicted octanol–water partition coefficient (Wildman–Crippen LogP) is 5.13. The van der Waals surface area contributed by atoms with Gasteiger partial charge in [-0.2, -0.15) is 0 Å². The number of benzene rings is 2. The van der Waals surface area contributed by atoms with E-state index in [4.69, 9.17) is 0 Å². The molecule has 2 aromatic carbocycles. The molecule has 4 aromatic rings. The number of fused-ring (bicyclic) bond motifs is 1. The molecule has 0 unspecified atom stereocenters. The molecular formula is C31H31FN6O3S2. The molecule has 2 aromatic heterocycles. The van der Waals surface area contributed by atoms with Gasteiger partial charge in [0.05, 0.1) is 23.4 Å². The zero-order valence-electron chi connectivity index (χ0n) is 23.4. The molecule has 0 saturated carbocycles. The minimum absolute atomic E-state index is 0.0168. The molecule has 0 radical (unpaired) electrons. The summed E-state index contributed by atoms with van der Waals surface area (Å²) in [5.41, 5.74) is 2.51. The minimum Gasteiger partial charge on any atom is -0.348 e. The standard InChI is InChI=1S/C31H31FN6O3S2/c1-2-16-38-25(18-34-28(40)21-12-6-8-14-23(21)32)36-37-31(38)42-19-26(39)35-30-27(22-13-7-9-15-24(22)43-30)29(41)33-17-20-10-4-3-5-11-20/h2-6,8,10-12,14H,1,7,9,13,15-19H2,(H,33,41)(H,34,40)(H,35,39). The Kier molecular flexibility index (Phi) is 10.0. The Morgan fingerprint density at radius 2 is 1.72 bits per heavy atom. The van der Waals surface area contributed by atoms with Crippen molar-refractivity contribution < 1.29 is 18.8 Å². The van der Waals surface area contributed by atoms with Crippen LogP contribution in [0.2, 0.25) is 0 Å². The number of amides is 3. The largest absolute Gasteiger partial charge is 0.348 e. The van der Waals surface area contributed by atoms with Crippen LogP contribution < -0.4 is 16.0 Å². The van der Waals surface area contributed by atoms with Gasteiger partial charge in [-0.25, -0.2) is 4.39 Å². The molecule has 3 N–H and O–H groups in total. The van der Waals surface area contributed by atoms with Gasteiger partial charge in [0, 0.05) is 18.0 Å². The number of thioether (sulfide) groups is 1. The Morgan fingerprint density at radius 3 is 2.51 bits per heavy atom. The number of rotatable bonds is 12. The Hall–Kier alpha value is -4.29. The van der Waals surface area contributed by atoms with E-state index in [-0.39, 0.29) is 29.7 Å². The summed E-state index contributed by atoms with van der Waals surface area (Å²) >= 11 is 2.66. The molecule has 0 bridgehead atoms. The Balaban J connectivity index is 1.24. The second kappa shape index (κ2) is 14.3. The maximum Gasteiger partial charge on any atom is 0.254 e. The molecule has 0 fully saturated rings. The molecule has 0 saturated heterocycles. The molecule has 12 heteroatoms. The zero-order chi connectivity index (χ0) is 30.2. The van der Waals surface area contributed by atoms with E-state index >= 15 is 0 Å². The summed E-state index contributed by atoms with van der Waals surface area (Å²) in [6.45, 7) is 4.54. The van der Waals surface area contributed by atoms with Gasteiger partial charge in [0.1, 0.15) is 10.8 Å². The van der Waals surface area contributed by atoms with Crippen molar-refractivity contribution in [2.75, 3.05) is 11.1 Å². The first kappa shape index (κ1) is 30.2. The highest BCUT2D eigenvalue weighted by atomic mass is 32.2. The molecule has 0 atom stereocenters. The van der Waals surface area contributed by atoms with Crippen molar-refractivity contribution in [1.29, 1.82) is 0 Å². The lowest BCUT2D eigenvalue weighted by atomic mass is 9.95. The monoisotopic (exact) mass is 618 g/mol. The van der Waals surface area contributed by atoms with E-state index in [0.29, 0.717) is 34.6 Å². The summed E-state index contributed by atoms with van der Waals surface area (Å²) in [5.74, 6) is -1.18. The Labute approximate surface area is 257 Å². The topological polar surface area (TPSA) is 118 Å². The lowest BCUT2D eigenvalue weighted by molar-refractivity contribution is -0.113. The van der Waals surface area contributed by atoms with Gasteiger partial charge in [0.25, 0.3) is 11.8 Å². The lowest BCUT2D eigenvalue weighted by Gasteiger charge is -2.13. The van der Waals surface area contributed by atoms with E-state index < -0.39 is 11.7 Å². The van der Waals surface area contributed by atoms with E-state index in [9.17, 15) is 18.8 Å². The fourth-order valence-electron chi connectivity index (χ4n) is 4.82. The molecule has 222 valence electrons. The van der Waals surface area contributed by atoms with Crippen LogP contribution in [0.5, 0.6) is 0 Å². The maximum absolute atomic E-state index is 14.0. The number of halogens is 1. The van der Waals surface area contributed by atoms with E-state index in [2.05, 4.69) is 32.7 Å². The Morgan fingerprint density at radius 1 is 0.977 bits per heavy atom. The number of hydrogen-bond donors (Lipinski definition) is 3. The number of aromatic nitrogens is 3. The predicted molar refractivity (Wildman–Crippen MR) is 166 cm³/mol. The first-order valence-corrected chi connectivity index (χ1v) is 15.7. The maximum atomic E-state index is 14.0. The molecule has 3 amide bonds. The van der Waals surface area contributed by atoms with E-state index in [1.54, 1.807) is 16.7 Å². The second-order valence-electron chi connectivity index (χ2n) is 9.88. The molecule has 0 spiro atoms. The van der Waals surface area contributed by atoms with Crippen LogP contribution >= 0.6 is 23.1 Å². The number of nitrogens with zero attached hydrogens (tertiary/aromatic N) is 3. The summed E-state index contributed by atoms with van der Waals surface area (Å²) < 4.78 is 15.7. The summed E-state index contributed by atoms with van der Waals surface area (Å²) in [4.78, 5) is 40.0. The van der Waals surface area contributed by atoms with Crippen molar-refractivity contribution >= 4 is 45.8 Å². The van der Waals surface area contributed by atoms with Crippen LogP contribution in [0.3, 0.4) is 0 Å². The van der Waals surface area contributed by atoms with Gasteiger partial charge < -0.3 is 20.5 Å². The molecule has 2 heterocycles.